The second-order valence-corrected chi connectivity index (χ2v) is 8.73. The number of fused-ring (bicyclic) bond motifs is 1. The number of nitrogens with one attached hydrogen (secondary N) is 2. The van der Waals surface area contributed by atoms with E-state index >= 15 is 0 Å². The zero-order chi connectivity index (χ0) is 21.5. The fraction of sp³-hybridized carbons (Fsp3) is 0.476. The van der Waals surface area contributed by atoms with Gasteiger partial charge in [0.15, 0.2) is 11.4 Å². The van der Waals surface area contributed by atoms with Crippen LogP contribution in [0, 0.1) is 21.7 Å². The largest absolute Gasteiger partial charge is 0.595 e. The summed E-state index contributed by atoms with van der Waals surface area (Å²) in [6.07, 6.45) is 3.01. The molecule has 2 aliphatic rings. The lowest BCUT2D eigenvalue weighted by atomic mass is 9.80. The van der Waals surface area contributed by atoms with Crippen LogP contribution >= 0.6 is 0 Å². The van der Waals surface area contributed by atoms with Crippen LogP contribution in [0.15, 0.2) is 41.5 Å². The van der Waals surface area contributed by atoms with Crippen molar-refractivity contribution >= 4 is 17.3 Å². The lowest BCUT2D eigenvalue weighted by molar-refractivity contribution is -0.996. The molecule has 8 nitrogen and oxygen atoms in total. The van der Waals surface area contributed by atoms with Crippen molar-refractivity contribution in [2.45, 2.75) is 52.6 Å². The predicted octanol–water partition coefficient (Wildman–Crippen LogP) is 2.12. The highest BCUT2D eigenvalue weighted by Gasteiger charge is 2.42. The number of rotatable bonds is 4. The first kappa shape index (κ1) is 21.6. The molecular weight excluding hydrogens is 376 g/mol. The van der Waals surface area contributed by atoms with E-state index in [0.717, 1.165) is 43.0 Å². The summed E-state index contributed by atoms with van der Waals surface area (Å²) in [5, 5.41) is 38.5. The van der Waals surface area contributed by atoms with Crippen LogP contribution < -0.4 is 10.5 Å². The predicted molar refractivity (Wildman–Crippen MR) is 105 cm³/mol. The number of esters is 1. The number of carbonyl (C=O) groups is 1. The molecule has 0 aromatic heterocycles. The molecule has 0 saturated heterocycles. The van der Waals surface area contributed by atoms with E-state index in [1.807, 2.05) is 0 Å². The second-order valence-electron chi connectivity index (χ2n) is 8.73. The van der Waals surface area contributed by atoms with Crippen LogP contribution in [0.3, 0.4) is 0 Å². The van der Waals surface area contributed by atoms with Gasteiger partial charge in [0.1, 0.15) is 6.10 Å². The monoisotopic (exact) mass is 404 g/mol. The molecule has 0 aliphatic heterocycles. The summed E-state index contributed by atoms with van der Waals surface area (Å²) < 4.78 is 5.80. The molecule has 0 spiro atoms. The van der Waals surface area contributed by atoms with E-state index in [-0.39, 0.29) is 22.4 Å². The fourth-order valence-electron chi connectivity index (χ4n) is 4.37. The molecule has 4 atom stereocenters. The number of ether oxygens (including phenoxy) is 1. The maximum absolute atomic E-state index is 12.8. The number of carbonyl (C=O) groups excluding carboxylic acids is 1. The summed E-state index contributed by atoms with van der Waals surface area (Å²) in [7, 11) is 0. The van der Waals surface area contributed by atoms with Crippen LogP contribution in [0.2, 0.25) is 0 Å². The van der Waals surface area contributed by atoms with Crippen LogP contribution in [-0.4, -0.2) is 22.5 Å². The third-order valence-electron chi connectivity index (χ3n) is 6.15. The van der Waals surface area contributed by atoms with Gasteiger partial charge in [-0.05, 0) is 26.2 Å². The lowest BCUT2D eigenvalue weighted by Crippen LogP contribution is -3.00. The standard InChI is InChI=1S/C21H28N2O6/c1-12-5-6-17-13(2)7-19(21(3,4)11-18(12)17)29-20(24)14-8-15(22(25)26)10-16(9-14)23(27)28/h8-10,17,19,22-23,25,27H,2,5-7,11H2,1,3-4H3/t17-,19-/m0/s1. The first-order valence-corrected chi connectivity index (χ1v) is 9.68. The molecule has 1 aromatic carbocycles. The number of hydrogen-bond acceptors (Lipinski definition) is 6. The highest BCUT2D eigenvalue weighted by molar-refractivity contribution is 5.91. The maximum Gasteiger partial charge on any atom is 0.338 e. The molecule has 2 aliphatic carbocycles. The average Bonchev–Trinajstić information content (AvgIpc) is 2.96. The first-order valence-electron chi connectivity index (χ1n) is 9.68. The molecule has 158 valence electrons. The molecule has 29 heavy (non-hydrogen) atoms. The third kappa shape index (κ3) is 4.42. The van der Waals surface area contributed by atoms with Crippen molar-refractivity contribution in [1.82, 2.24) is 0 Å². The van der Waals surface area contributed by atoms with Crippen LogP contribution in [0.5, 0.6) is 0 Å². The Labute approximate surface area is 169 Å². The van der Waals surface area contributed by atoms with Crippen molar-refractivity contribution < 1.29 is 30.4 Å². The van der Waals surface area contributed by atoms with Crippen molar-refractivity contribution in [3.63, 3.8) is 0 Å². The Morgan fingerprint density at radius 3 is 2.34 bits per heavy atom. The SMILES string of the molecule is C=C1C[C@H](OC(=O)c2cc([NH+]([O-])O)cc([NH+]([O-])O)c2)C(C)(C)CC2=C(C)CC[C@@H]12. The molecule has 1 aromatic rings. The van der Waals surface area contributed by atoms with Crippen LogP contribution in [-0.2, 0) is 4.74 Å². The normalized spacial score (nSPS) is 26.0. The van der Waals surface area contributed by atoms with Gasteiger partial charge >= 0.3 is 5.97 Å². The van der Waals surface area contributed by atoms with Gasteiger partial charge in [0.05, 0.1) is 11.6 Å². The Bertz CT molecular complexity index is 832. The van der Waals surface area contributed by atoms with E-state index in [4.69, 9.17) is 4.74 Å². The van der Waals surface area contributed by atoms with Crippen molar-refractivity contribution in [2.24, 2.45) is 11.3 Å². The van der Waals surface area contributed by atoms with Crippen LogP contribution in [0.4, 0.5) is 11.4 Å². The Morgan fingerprint density at radius 1 is 1.21 bits per heavy atom. The average molecular weight is 404 g/mol. The molecule has 2 unspecified atom stereocenters. The number of quaternary nitrogens is 2. The summed E-state index contributed by atoms with van der Waals surface area (Å²) in [6.45, 7) is 10.5. The summed E-state index contributed by atoms with van der Waals surface area (Å²) in [6, 6.07) is 3.32. The molecule has 0 heterocycles. The number of hydrogen-bond donors (Lipinski definition) is 4. The zero-order valence-electron chi connectivity index (χ0n) is 16.9. The van der Waals surface area contributed by atoms with Gasteiger partial charge in [-0.25, -0.2) is 15.2 Å². The molecule has 0 amide bonds. The minimum Gasteiger partial charge on any atom is -0.595 e. The van der Waals surface area contributed by atoms with E-state index in [2.05, 4.69) is 27.4 Å². The highest BCUT2D eigenvalue weighted by atomic mass is 16.8. The smallest absolute Gasteiger partial charge is 0.338 e. The molecule has 8 heteroatoms. The minimum atomic E-state index is -1.31. The zero-order valence-corrected chi connectivity index (χ0v) is 16.9. The second kappa shape index (κ2) is 7.98. The van der Waals surface area contributed by atoms with Gasteiger partial charge < -0.3 is 15.2 Å². The van der Waals surface area contributed by atoms with Gasteiger partial charge in [-0.3, -0.25) is 0 Å². The highest BCUT2D eigenvalue weighted by Crippen LogP contribution is 2.49. The summed E-state index contributed by atoms with van der Waals surface area (Å²) in [4.78, 5) is 12.8. The molecule has 1 saturated carbocycles. The van der Waals surface area contributed by atoms with Crippen LogP contribution in [0.25, 0.3) is 0 Å². The Balaban J connectivity index is 1.88. The van der Waals surface area contributed by atoms with E-state index in [1.165, 1.54) is 11.1 Å². The van der Waals surface area contributed by atoms with Gasteiger partial charge in [0.25, 0.3) is 0 Å². The fourth-order valence-corrected chi connectivity index (χ4v) is 4.37. The molecule has 0 bridgehead atoms. The van der Waals surface area contributed by atoms with Crippen molar-refractivity contribution in [3.05, 3.63) is 57.5 Å². The van der Waals surface area contributed by atoms with E-state index < -0.39 is 22.5 Å². The Kier molecular flexibility index (Phi) is 5.96. The lowest BCUT2D eigenvalue weighted by Gasteiger charge is -2.32. The number of benzene rings is 1. The topological polar surface area (TPSA) is 122 Å². The molecule has 4 N–H and O–H groups in total. The summed E-state index contributed by atoms with van der Waals surface area (Å²) >= 11 is 0. The Hall–Kier alpha value is -2.07. The molecule has 0 radical (unpaired) electrons. The minimum absolute atomic E-state index is 0.0800. The van der Waals surface area contributed by atoms with Crippen molar-refractivity contribution in [1.29, 1.82) is 0 Å². The van der Waals surface area contributed by atoms with Gasteiger partial charge in [-0.15, -0.1) is 0 Å². The summed E-state index contributed by atoms with van der Waals surface area (Å²) in [5.74, 6) is -0.397. The van der Waals surface area contributed by atoms with Gasteiger partial charge in [0.2, 0.25) is 0 Å². The third-order valence-corrected chi connectivity index (χ3v) is 6.15. The number of allylic oxidation sites excluding steroid dienone is 2. The molecule has 1 fully saturated rings. The van der Waals surface area contributed by atoms with Crippen molar-refractivity contribution in [2.75, 3.05) is 0 Å². The van der Waals surface area contributed by atoms with E-state index in [9.17, 15) is 25.6 Å². The van der Waals surface area contributed by atoms with Gasteiger partial charge in [0, 0.05) is 29.9 Å². The summed E-state index contributed by atoms with van der Waals surface area (Å²) in [5.41, 5.74) is 2.88. The molecular formula is C21H28N2O6. The first-order chi connectivity index (χ1) is 13.5. The van der Waals surface area contributed by atoms with Gasteiger partial charge in [-0.1, -0.05) is 37.1 Å². The van der Waals surface area contributed by atoms with Crippen molar-refractivity contribution in [3.8, 4) is 0 Å². The quantitative estimate of drug-likeness (QED) is 0.346. The molecule has 3 rings (SSSR count). The van der Waals surface area contributed by atoms with E-state index in [0.29, 0.717) is 12.3 Å². The van der Waals surface area contributed by atoms with Crippen LogP contribution in [0.1, 0.15) is 56.8 Å². The Morgan fingerprint density at radius 2 is 1.79 bits per heavy atom. The van der Waals surface area contributed by atoms with Gasteiger partial charge in [-0.2, -0.15) is 10.5 Å². The van der Waals surface area contributed by atoms with E-state index in [1.54, 1.807) is 0 Å². The maximum atomic E-state index is 12.8.